The molecule has 2 saturated carbocycles. The Labute approximate surface area is 318 Å². The van der Waals surface area contributed by atoms with Gasteiger partial charge in [0.05, 0.1) is 22.1 Å². The molecule has 1 saturated heterocycles. The van der Waals surface area contributed by atoms with Gasteiger partial charge in [-0.15, -0.1) is 6.58 Å². The number of piperidine rings is 1. The van der Waals surface area contributed by atoms with Crippen LogP contribution in [0.3, 0.4) is 0 Å². The zero-order valence-corrected chi connectivity index (χ0v) is 34.2. The number of allylic oxidation sites excluding steroid dienone is 1. The van der Waals surface area contributed by atoms with Gasteiger partial charge >= 0.3 is 6.03 Å². The van der Waals surface area contributed by atoms with Crippen LogP contribution in [0.5, 0.6) is 0 Å². The van der Waals surface area contributed by atoms with E-state index in [1.165, 1.54) is 6.08 Å². The highest BCUT2D eigenvalue weighted by Gasteiger charge is 2.69. The number of unbranched alkanes of at least 4 members (excludes halogenated alkanes) is 1. The highest BCUT2D eigenvalue weighted by molar-refractivity contribution is 7.92. The van der Waals surface area contributed by atoms with Gasteiger partial charge in [0.15, 0.2) is 15.9 Å². The second kappa shape index (κ2) is 16.8. The van der Waals surface area contributed by atoms with E-state index in [0.717, 1.165) is 50.5 Å². The molecule has 0 aromatic rings. The lowest BCUT2D eigenvalue weighted by Gasteiger charge is -2.48. The molecule has 0 aromatic carbocycles. The van der Waals surface area contributed by atoms with Gasteiger partial charge in [0.2, 0.25) is 11.8 Å². The normalized spacial score (nSPS) is 29.8. The minimum Gasteiger partial charge on any atom is -0.381 e. The van der Waals surface area contributed by atoms with Gasteiger partial charge in [0, 0.05) is 13.1 Å². The molecule has 9 atom stereocenters. The van der Waals surface area contributed by atoms with E-state index in [9.17, 15) is 32.7 Å². The molecule has 3 fully saturated rings. The molecule has 3 aliphatic carbocycles. The lowest BCUT2D eigenvalue weighted by atomic mass is 9.68. The number of urea groups is 1. The van der Waals surface area contributed by atoms with Crippen LogP contribution in [0.4, 0.5) is 4.79 Å². The standard InChI is InChI=1S/C40H67N5O7S/c1-10-12-21-29(33(46)35(48)41-22-11-2)42-34(47)32-30-28(39(30,8)9)23-45(32)36(49)31(27-19-14-13-15-20-27)43-37(50)44-40(24-53(51,52)38(5,6)7)25(3)17-16-18-26(40)4/h11,19,25-26,28-33,46H,2,10,12-18,20-24H2,1,3-9H3,(H,41,48)(H,42,47)(H2,43,44,50)/t25-,26+,28-,29?,30-,31-,32-,33?,40+/m0/s1. The van der Waals surface area contributed by atoms with Gasteiger partial charge in [-0.25, -0.2) is 13.2 Å². The summed E-state index contributed by atoms with van der Waals surface area (Å²) < 4.78 is 26.3. The summed E-state index contributed by atoms with van der Waals surface area (Å²) >= 11 is 0. The Kier molecular flexibility index (Phi) is 13.6. The van der Waals surface area contributed by atoms with Crippen molar-refractivity contribution in [1.29, 1.82) is 0 Å². The Balaban J connectivity index is 1.63. The third-order valence-electron chi connectivity index (χ3n) is 13.0. The maximum absolute atomic E-state index is 14.8. The summed E-state index contributed by atoms with van der Waals surface area (Å²) in [5.41, 5.74) is -0.441. The maximum Gasteiger partial charge on any atom is 0.316 e. The first-order chi connectivity index (χ1) is 24.7. The fraction of sp³-hybridized carbons (Fsp3) is 0.800. The van der Waals surface area contributed by atoms with Gasteiger partial charge in [0.1, 0.15) is 12.1 Å². The summed E-state index contributed by atoms with van der Waals surface area (Å²) in [4.78, 5) is 57.6. The molecule has 13 heteroatoms. The quantitative estimate of drug-likeness (QED) is 0.154. The molecule has 4 rings (SSSR count). The summed E-state index contributed by atoms with van der Waals surface area (Å²) in [5, 5.41) is 22.7. The van der Waals surface area contributed by atoms with Crippen LogP contribution in [-0.2, 0) is 24.2 Å². The number of aliphatic hydroxyl groups is 1. The van der Waals surface area contributed by atoms with Crippen LogP contribution in [-0.4, -0.2) is 95.5 Å². The predicted molar refractivity (Wildman–Crippen MR) is 207 cm³/mol. The average Bonchev–Trinajstić information content (AvgIpc) is 3.39. The molecule has 5 N–H and O–H groups in total. The number of carbonyl (C=O) groups excluding carboxylic acids is 4. The Hall–Kier alpha value is -2.93. The van der Waals surface area contributed by atoms with Crippen molar-refractivity contribution >= 4 is 33.6 Å². The number of aliphatic hydroxyl groups excluding tert-OH is 1. The molecule has 5 amide bonds. The second-order valence-electron chi connectivity index (χ2n) is 17.8. The smallest absolute Gasteiger partial charge is 0.316 e. The van der Waals surface area contributed by atoms with Gasteiger partial charge in [-0.1, -0.05) is 66.0 Å². The van der Waals surface area contributed by atoms with Crippen molar-refractivity contribution < 1.29 is 32.7 Å². The summed E-state index contributed by atoms with van der Waals surface area (Å²) in [6, 6.07) is -3.35. The van der Waals surface area contributed by atoms with Crippen LogP contribution in [0.1, 0.15) is 120 Å². The molecule has 1 aliphatic heterocycles. The first kappa shape index (κ1) is 42.8. The Morgan fingerprint density at radius 1 is 1.08 bits per heavy atom. The molecule has 0 spiro atoms. The SMILES string of the molecule is C=CCNC(=O)C(O)C(CCCC)NC(=O)[C@@H]1[C@@H]2[C@H](CN1C(=O)[C@@H](NC(=O)N[C@@]1(CS(=O)(=O)C(C)(C)C)[C@H](C)CCC[C@@H]1C)C1=CCCCC1)C2(C)C. The number of amides is 5. The van der Waals surface area contributed by atoms with E-state index in [4.69, 9.17) is 0 Å². The molecule has 1 heterocycles. The van der Waals surface area contributed by atoms with Crippen LogP contribution in [0.2, 0.25) is 0 Å². The fourth-order valence-electron chi connectivity index (χ4n) is 9.09. The van der Waals surface area contributed by atoms with E-state index in [0.29, 0.717) is 25.8 Å². The second-order valence-corrected chi connectivity index (χ2v) is 20.6. The maximum atomic E-state index is 14.8. The molecular weight excluding hydrogens is 695 g/mol. The molecular formula is C40H67N5O7S. The van der Waals surface area contributed by atoms with Gasteiger partial charge in [0.25, 0.3) is 5.91 Å². The van der Waals surface area contributed by atoms with Crippen molar-refractivity contribution in [2.24, 2.45) is 29.1 Å². The third kappa shape index (κ3) is 9.14. The van der Waals surface area contributed by atoms with E-state index in [2.05, 4.69) is 41.7 Å². The van der Waals surface area contributed by atoms with Crippen LogP contribution in [0, 0.1) is 29.1 Å². The van der Waals surface area contributed by atoms with Crippen molar-refractivity contribution in [1.82, 2.24) is 26.2 Å². The number of rotatable bonds is 15. The number of nitrogens with zero attached hydrogens (tertiary/aromatic N) is 1. The van der Waals surface area contributed by atoms with Crippen molar-refractivity contribution in [3.05, 3.63) is 24.3 Å². The summed E-state index contributed by atoms with van der Waals surface area (Å²) in [7, 11) is -3.63. The Morgan fingerprint density at radius 3 is 2.30 bits per heavy atom. The number of sulfone groups is 1. The minimum atomic E-state index is -3.63. The predicted octanol–water partition coefficient (Wildman–Crippen LogP) is 4.38. The summed E-state index contributed by atoms with van der Waals surface area (Å²) in [5.74, 6) is -1.91. The number of likely N-dealkylation sites (tertiary alicyclic amines) is 1. The van der Waals surface area contributed by atoms with Crippen molar-refractivity contribution in [3.63, 3.8) is 0 Å². The van der Waals surface area contributed by atoms with Crippen LogP contribution in [0.25, 0.3) is 0 Å². The van der Waals surface area contributed by atoms with E-state index in [1.54, 1.807) is 25.7 Å². The van der Waals surface area contributed by atoms with Crippen molar-refractivity contribution in [2.45, 2.75) is 154 Å². The lowest BCUT2D eigenvalue weighted by Crippen LogP contribution is -2.67. The number of carbonyl (C=O) groups is 4. The molecule has 300 valence electrons. The van der Waals surface area contributed by atoms with E-state index < -0.39 is 62.2 Å². The first-order valence-corrected chi connectivity index (χ1v) is 21.6. The van der Waals surface area contributed by atoms with E-state index in [-0.39, 0.29) is 47.3 Å². The van der Waals surface area contributed by atoms with E-state index in [1.807, 2.05) is 26.8 Å². The number of fused-ring (bicyclic) bond motifs is 1. The average molecular weight is 762 g/mol. The molecule has 4 aliphatic rings. The third-order valence-corrected chi connectivity index (χ3v) is 15.7. The number of hydrogen-bond donors (Lipinski definition) is 5. The number of hydrogen-bond acceptors (Lipinski definition) is 7. The highest BCUT2D eigenvalue weighted by Crippen LogP contribution is 2.65. The van der Waals surface area contributed by atoms with Crippen molar-refractivity contribution in [3.8, 4) is 0 Å². The zero-order chi connectivity index (χ0) is 39.5. The topological polar surface area (TPSA) is 174 Å². The van der Waals surface area contributed by atoms with Gasteiger partial charge in [-0.2, -0.15) is 0 Å². The molecule has 12 nitrogen and oxygen atoms in total. The minimum absolute atomic E-state index is 0.0710. The molecule has 0 aromatic heterocycles. The fourth-order valence-corrected chi connectivity index (χ4v) is 10.8. The first-order valence-electron chi connectivity index (χ1n) is 19.9. The molecule has 2 unspecified atom stereocenters. The zero-order valence-electron chi connectivity index (χ0n) is 33.4. The Morgan fingerprint density at radius 2 is 1.74 bits per heavy atom. The van der Waals surface area contributed by atoms with Crippen LogP contribution >= 0.6 is 0 Å². The van der Waals surface area contributed by atoms with Gasteiger partial charge in [-0.05, 0) is 100 Å². The Bertz CT molecular complexity index is 1510. The monoisotopic (exact) mass is 761 g/mol. The van der Waals surface area contributed by atoms with Gasteiger partial charge < -0.3 is 31.3 Å². The number of nitrogens with one attached hydrogen (secondary N) is 4. The van der Waals surface area contributed by atoms with Crippen LogP contribution < -0.4 is 21.3 Å². The van der Waals surface area contributed by atoms with Crippen LogP contribution in [0.15, 0.2) is 24.3 Å². The summed E-state index contributed by atoms with van der Waals surface area (Å²) in [6.45, 7) is 19.3. The van der Waals surface area contributed by atoms with Crippen molar-refractivity contribution in [2.75, 3.05) is 18.8 Å². The lowest BCUT2D eigenvalue weighted by molar-refractivity contribution is -0.142. The largest absolute Gasteiger partial charge is 0.381 e. The summed E-state index contributed by atoms with van der Waals surface area (Å²) in [6.07, 6.45) is 9.55. The van der Waals surface area contributed by atoms with E-state index >= 15 is 0 Å². The highest BCUT2D eigenvalue weighted by atomic mass is 32.2. The van der Waals surface area contributed by atoms with Gasteiger partial charge in [-0.3, -0.25) is 14.4 Å². The molecule has 0 radical (unpaired) electrons. The molecule has 0 bridgehead atoms. The molecule has 53 heavy (non-hydrogen) atoms.